The molecule has 0 amide bonds. The first-order valence-electron chi connectivity index (χ1n) is 16.3. The predicted octanol–water partition coefficient (Wildman–Crippen LogP) is 13.2. The maximum absolute atomic E-state index is 6.44. The minimum Gasteiger partial charge on any atom is -0.456 e. The molecule has 0 radical (unpaired) electrons. The van der Waals surface area contributed by atoms with Crippen LogP contribution in [0.1, 0.15) is 0 Å². The Labute approximate surface area is 279 Å². The summed E-state index contributed by atoms with van der Waals surface area (Å²) in [5, 5.41) is 6.16. The number of furan rings is 1. The van der Waals surface area contributed by atoms with Crippen LogP contribution in [0, 0.1) is 0 Å². The van der Waals surface area contributed by atoms with Crippen molar-refractivity contribution in [3.05, 3.63) is 188 Å². The highest BCUT2D eigenvalue weighted by Gasteiger charge is 2.21. The van der Waals surface area contributed by atoms with E-state index in [1.165, 1.54) is 38.2 Å². The molecule has 9 rings (SSSR count). The molecule has 8 aromatic carbocycles. The number of para-hydroxylation sites is 3. The number of nitrogens with zero attached hydrogens (tertiary/aromatic N) is 1. The second-order valence-electron chi connectivity index (χ2n) is 12.2. The Kier molecular flexibility index (Phi) is 6.84. The highest BCUT2D eigenvalue weighted by atomic mass is 16.3. The summed E-state index contributed by atoms with van der Waals surface area (Å²) >= 11 is 0. The van der Waals surface area contributed by atoms with Crippen molar-refractivity contribution >= 4 is 49.6 Å². The fraction of sp³-hybridized carbons (Fsp3) is 0. The molecule has 2 nitrogen and oxygen atoms in total. The van der Waals surface area contributed by atoms with E-state index in [4.69, 9.17) is 4.42 Å². The van der Waals surface area contributed by atoms with Gasteiger partial charge in [-0.05, 0) is 86.8 Å². The van der Waals surface area contributed by atoms with Gasteiger partial charge in [-0.25, -0.2) is 0 Å². The minimum atomic E-state index is 0.842. The number of rotatable bonds is 6. The number of hydrogen-bond acceptors (Lipinski definition) is 2. The van der Waals surface area contributed by atoms with Crippen molar-refractivity contribution in [3.63, 3.8) is 0 Å². The monoisotopic (exact) mass is 613 g/mol. The van der Waals surface area contributed by atoms with Crippen LogP contribution in [0.2, 0.25) is 0 Å². The SMILES string of the molecule is c1ccc(-c2ccccc2N(c2ccc(-c3ccc4c(ccc5ccccc54)c3)cc2)c2ccccc2-c2cc3ccccc3o2)cc1. The van der Waals surface area contributed by atoms with Crippen molar-refractivity contribution in [2.45, 2.75) is 0 Å². The van der Waals surface area contributed by atoms with E-state index in [-0.39, 0.29) is 0 Å². The van der Waals surface area contributed by atoms with Gasteiger partial charge in [-0.3, -0.25) is 0 Å². The molecular weight excluding hydrogens is 583 g/mol. The molecule has 1 aromatic heterocycles. The van der Waals surface area contributed by atoms with Gasteiger partial charge in [0, 0.05) is 22.2 Å². The first-order chi connectivity index (χ1) is 23.8. The predicted molar refractivity (Wildman–Crippen MR) is 202 cm³/mol. The van der Waals surface area contributed by atoms with Crippen LogP contribution >= 0.6 is 0 Å². The minimum absolute atomic E-state index is 0.842. The summed E-state index contributed by atoms with van der Waals surface area (Å²) in [6.45, 7) is 0. The Morgan fingerprint density at radius 2 is 0.958 bits per heavy atom. The summed E-state index contributed by atoms with van der Waals surface area (Å²) in [5.74, 6) is 0.842. The molecule has 0 atom stereocenters. The molecule has 1 heterocycles. The van der Waals surface area contributed by atoms with Crippen molar-refractivity contribution in [2.24, 2.45) is 0 Å². The van der Waals surface area contributed by atoms with Crippen LogP contribution in [0.15, 0.2) is 192 Å². The maximum Gasteiger partial charge on any atom is 0.137 e. The normalized spacial score (nSPS) is 11.3. The molecule has 0 aliphatic heterocycles. The second kappa shape index (κ2) is 11.8. The van der Waals surface area contributed by atoms with E-state index < -0.39 is 0 Å². The molecular formula is C46H31NO. The number of benzene rings is 8. The second-order valence-corrected chi connectivity index (χ2v) is 12.2. The first kappa shape index (κ1) is 27.9. The smallest absolute Gasteiger partial charge is 0.137 e. The molecule has 0 spiro atoms. The highest BCUT2D eigenvalue weighted by Crippen LogP contribution is 2.45. The lowest BCUT2D eigenvalue weighted by atomic mass is 9.97. The summed E-state index contributed by atoms with van der Waals surface area (Å²) in [6.07, 6.45) is 0. The topological polar surface area (TPSA) is 16.4 Å². The van der Waals surface area contributed by atoms with E-state index in [9.17, 15) is 0 Å². The first-order valence-corrected chi connectivity index (χ1v) is 16.3. The zero-order valence-electron chi connectivity index (χ0n) is 26.3. The van der Waals surface area contributed by atoms with E-state index in [1.807, 2.05) is 12.1 Å². The molecule has 0 aliphatic rings. The van der Waals surface area contributed by atoms with Gasteiger partial charge < -0.3 is 9.32 Å². The van der Waals surface area contributed by atoms with Gasteiger partial charge in [0.25, 0.3) is 0 Å². The van der Waals surface area contributed by atoms with Gasteiger partial charge in [0.1, 0.15) is 11.3 Å². The fourth-order valence-corrected chi connectivity index (χ4v) is 6.93. The molecule has 48 heavy (non-hydrogen) atoms. The third-order valence-corrected chi connectivity index (χ3v) is 9.27. The van der Waals surface area contributed by atoms with Crippen LogP contribution in [-0.2, 0) is 0 Å². The zero-order valence-corrected chi connectivity index (χ0v) is 26.3. The molecule has 226 valence electrons. The quantitative estimate of drug-likeness (QED) is 0.174. The van der Waals surface area contributed by atoms with Gasteiger partial charge in [-0.1, -0.05) is 140 Å². The van der Waals surface area contributed by atoms with Gasteiger partial charge in [0.15, 0.2) is 0 Å². The summed E-state index contributed by atoms with van der Waals surface area (Å²) in [6, 6.07) is 66.9. The third-order valence-electron chi connectivity index (χ3n) is 9.27. The fourth-order valence-electron chi connectivity index (χ4n) is 6.93. The summed E-state index contributed by atoms with van der Waals surface area (Å²) in [4.78, 5) is 2.36. The van der Waals surface area contributed by atoms with E-state index in [1.54, 1.807) is 0 Å². The number of fused-ring (bicyclic) bond motifs is 4. The standard InChI is InChI=1S/C46H31NO/c1-2-12-33(13-3-1)41-17-7-9-19-43(41)47(44-20-10-8-18-42(44)46-31-37-15-5-11-21-45(37)48-46)38-27-24-32(25-28-38)35-26-29-40-36(30-35)23-22-34-14-4-6-16-39(34)40/h1-31H. The van der Waals surface area contributed by atoms with E-state index in [2.05, 4.69) is 181 Å². The Bertz CT molecular complexity index is 2530. The van der Waals surface area contributed by atoms with Gasteiger partial charge in [0.05, 0.1) is 11.4 Å². The molecule has 0 saturated heterocycles. The van der Waals surface area contributed by atoms with Crippen molar-refractivity contribution in [3.8, 4) is 33.6 Å². The average Bonchev–Trinajstić information content (AvgIpc) is 3.60. The van der Waals surface area contributed by atoms with Crippen LogP contribution in [0.4, 0.5) is 17.1 Å². The Morgan fingerprint density at radius 1 is 0.354 bits per heavy atom. The van der Waals surface area contributed by atoms with Crippen molar-refractivity contribution in [1.82, 2.24) is 0 Å². The lowest BCUT2D eigenvalue weighted by molar-refractivity contribution is 0.631. The maximum atomic E-state index is 6.44. The summed E-state index contributed by atoms with van der Waals surface area (Å²) < 4.78 is 6.44. The molecule has 0 fully saturated rings. The average molecular weight is 614 g/mol. The summed E-state index contributed by atoms with van der Waals surface area (Å²) in [5.41, 5.74) is 9.82. The lowest BCUT2D eigenvalue weighted by Crippen LogP contribution is -2.12. The highest BCUT2D eigenvalue weighted by molar-refractivity contribution is 6.08. The van der Waals surface area contributed by atoms with Crippen LogP contribution in [0.5, 0.6) is 0 Å². The Morgan fingerprint density at radius 3 is 1.77 bits per heavy atom. The van der Waals surface area contributed by atoms with Gasteiger partial charge in [-0.2, -0.15) is 0 Å². The molecule has 0 N–H and O–H groups in total. The molecule has 2 heteroatoms. The summed E-state index contributed by atoms with van der Waals surface area (Å²) in [7, 11) is 0. The van der Waals surface area contributed by atoms with Crippen molar-refractivity contribution in [2.75, 3.05) is 4.90 Å². The molecule has 0 unspecified atom stereocenters. The third kappa shape index (κ3) is 4.92. The van der Waals surface area contributed by atoms with Gasteiger partial charge in [-0.15, -0.1) is 0 Å². The van der Waals surface area contributed by atoms with E-state index >= 15 is 0 Å². The number of anilines is 3. The van der Waals surface area contributed by atoms with Crippen LogP contribution < -0.4 is 4.90 Å². The number of hydrogen-bond donors (Lipinski definition) is 0. The molecule has 0 saturated carbocycles. The van der Waals surface area contributed by atoms with Crippen LogP contribution in [0.25, 0.3) is 66.1 Å². The van der Waals surface area contributed by atoms with Crippen LogP contribution in [-0.4, -0.2) is 0 Å². The lowest BCUT2D eigenvalue weighted by Gasteiger charge is -2.29. The van der Waals surface area contributed by atoms with Crippen LogP contribution in [0.3, 0.4) is 0 Å². The zero-order chi connectivity index (χ0) is 31.9. The van der Waals surface area contributed by atoms with Crippen molar-refractivity contribution in [1.29, 1.82) is 0 Å². The molecule has 0 aliphatic carbocycles. The van der Waals surface area contributed by atoms with Crippen molar-refractivity contribution < 1.29 is 4.42 Å². The van der Waals surface area contributed by atoms with Gasteiger partial charge >= 0.3 is 0 Å². The Hall–Kier alpha value is -6.38. The molecule has 0 bridgehead atoms. The van der Waals surface area contributed by atoms with E-state index in [0.717, 1.165) is 44.9 Å². The van der Waals surface area contributed by atoms with Gasteiger partial charge in [0.2, 0.25) is 0 Å². The largest absolute Gasteiger partial charge is 0.456 e. The molecule has 9 aromatic rings. The van der Waals surface area contributed by atoms with E-state index in [0.29, 0.717) is 0 Å². The Balaban J connectivity index is 1.19.